The second-order valence-corrected chi connectivity index (χ2v) is 7.88. The molecule has 5 rings (SSSR count). The highest BCUT2D eigenvalue weighted by molar-refractivity contribution is 6.40. The summed E-state index contributed by atoms with van der Waals surface area (Å²) in [6.07, 6.45) is 8.58. The van der Waals surface area contributed by atoms with Crippen molar-refractivity contribution in [2.45, 2.75) is 19.8 Å². The normalized spacial score (nSPS) is 12.6. The van der Waals surface area contributed by atoms with Gasteiger partial charge in [-0.3, -0.25) is 0 Å². The van der Waals surface area contributed by atoms with Gasteiger partial charge in [0.25, 0.3) is 0 Å². The minimum absolute atomic E-state index is 0.848. The SMILES string of the molecule is [B]c1ccc2c3c(cccc13)-c1cc(C/C(=C\C=C/CC)c3ccccc3)ccc1-2. The molecular formula is C29H23B. The second kappa shape index (κ2) is 7.84. The monoisotopic (exact) mass is 382 g/mol. The number of fused-ring (bicyclic) bond motifs is 3. The van der Waals surface area contributed by atoms with Gasteiger partial charge in [-0.1, -0.05) is 109 Å². The molecule has 30 heavy (non-hydrogen) atoms. The van der Waals surface area contributed by atoms with Crippen LogP contribution in [0.25, 0.3) is 38.6 Å². The minimum Gasteiger partial charge on any atom is -0.0889 e. The van der Waals surface area contributed by atoms with E-state index in [1.807, 2.05) is 6.07 Å². The Morgan fingerprint density at radius 3 is 2.43 bits per heavy atom. The molecule has 2 radical (unpaired) electrons. The van der Waals surface area contributed by atoms with E-state index in [4.69, 9.17) is 7.85 Å². The minimum atomic E-state index is 0.848. The van der Waals surface area contributed by atoms with Crippen LogP contribution in [-0.2, 0) is 6.42 Å². The van der Waals surface area contributed by atoms with Crippen LogP contribution in [0.2, 0.25) is 0 Å². The first kappa shape index (κ1) is 18.7. The highest BCUT2D eigenvalue weighted by Crippen LogP contribution is 2.47. The molecule has 0 fully saturated rings. The Hall–Kier alpha value is -3.32. The summed E-state index contributed by atoms with van der Waals surface area (Å²) < 4.78 is 0. The first-order valence-electron chi connectivity index (χ1n) is 10.6. The van der Waals surface area contributed by atoms with Gasteiger partial charge in [0, 0.05) is 0 Å². The summed E-state index contributed by atoms with van der Waals surface area (Å²) in [6.45, 7) is 2.16. The van der Waals surface area contributed by atoms with Crippen molar-refractivity contribution in [1.29, 1.82) is 0 Å². The third-order valence-corrected chi connectivity index (χ3v) is 5.95. The fourth-order valence-electron chi connectivity index (χ4n) is 4.49. The predicted molar refractivity (Wildman–Crippen MR) is 131 cm³/mol. The number of rotatable bonds is 5. The van der Waals surface area contributed by atoms with E-state index in [0.29, 0.717) is 0 Å². The molecule has 0 heterocycles. The lowest BCUT2D eigenvalue weighted by Gasteiger charge is -2.10. The molecule has 142 valence electrons. The van der Waals surface area contributed by atoms with E-state index in [-0.39, 0.29) is 0 Å². The Bertz CT molecular complexity index is 1290. The summed E-state index contributed by atoms with van der Waals surface area (Å²) in [6, 6.07) is 28.2. The van der Waals surface area contributed by atoms with Crippen LogP contribution in [0.3, 0.4) is 0 Å². The van der Waals surface area contributed by atoms with E-state index in [1.54, 1.807) is 0 Å². The maximum absolute atomic E-state index is 6.26. The predicted octanol–water partition coefficient (Wildman–Crippen LogP) is 6.87. The summed E-state index contributed by atoms with van der Waals surface area (Å²) in [4.78, 5) is 0. The van der Waals surface area contributed by atoms with Crippen LogP contribution in [0.15, 0.2) is 97.1 Å². The fraction of sp³-hybridized carbons (Fsp3) is 0.103. The number of hydrogen-bond donors (Lipinski definition) is 0. The van der Waals surface area contributed by atoms with Crippen molar-refractivity contribution in [3.8, 4) is 22.3 Å². The molecule has 0 aliphatic heterocycles. The second-order valence-electron chi connectivity index (χ2n) is 7.88. The van der Waals surface area contributed by atoms with E-state index in [1.165, 1.54) is 44.3 Å². The van der Waals surface area contributed by atoms with E-state index in [0.717, 1.165) is 23.7 Å². The van der Waals surface area contributed by atoms with Gasteiger partial charge < -0.3 is 0 Å². The maximum Gasteiger partial charge on any atom is 0.114 e. The quantitative estimate of drug-likeness (QED) is 0.230. The molecule has 1 aliphatic carbocycles. The Kier molecular flexibility index (Phi) is 4.89. The van der Waals surface area contributed by atoms with Crippen LogP contribution in [0.1, 0.15) is 24.5 Å². The molecule has 0 nitrogen and oxygen atoms in total. The van der Waals surface area contributed by atoms with Crippen molar-refractivity contribution >= 4 is 29.7 Å². The van der Waals surface area contributed by atoms with Crippen LogP contribution < -0.4 is 5.46 Å². The smallest absolute Gasteiger partial charge is 0.0889 e. The van der Waals surface area contributed by atoms with Crippen molar-refractivity contribution in [3.05, 3.63) is 108 Å². The van der Waals surface area contributed by atoms with E-state index >= 15 is 0 Å². The number of benzene rings is 4. The Morgan fingerprint density at radius 1 is 0.800 bits per heavy atom. The van der Waals surface area contributed by atoms with Crippen molar-refractivity contribution < 1.29 is 0 Å². The topological polar surface area (TPSA) is 0 Å². The summed E-state index contributed by atoms with van der Waals surface area (Å²) in [5.41, 5.74) is 9.99. The first-order valence-corrected chi connectivity index (χ1v) is 10.6. The van der Waals surface area contributed by atoms with Gasteiger partial charge >= 0.3 is 0 Å². The first-order chi connectivity index (χ1) is 14.8. The average molecular weight is 382 g/mol. The van der Waals surface area contributed by atoms with Crippen molar-refractivity contribution in [2.24, 2.45) is 0 Å². The Morgan fingerprint density at radius 2 is 1.60 bits per heavy atom. The fourth-order valence-corrected chi connectivity index (χ4v) is 4.49. The summed E-state index contributed by atoms with van der Waals surface area (Å²) >= 11 is 0. The molecule has 1 aliphatic rings. The lowest BCUT2D eigenvalue weighted by atomic mass is 9.88. The highest BCUT2D eigenvalue weighted by atomic mass is 14.2. The molecule has 4 aromatic carbocycles. The summed E-state index contributed by atoms with van der Waals surface area (Å²) in [5.74, 6) is 0. The molecule has 0 amide bonds. The standard InChI is InChI=1S/C29H23B/c1-2-3-5-11-22(21-9-6-4-7-10-21)18-20-14-15-23-25-16-17-28(30)26-13-8-12-24(29(25)26)27(23)19-20/h3-17,19H,2,18H2,1H3/b5-3-,22-11+. The van der Waals surface area contributed by atoms with Gasteiger partial charge in [0.2, 0.25) is 0 Å². The average Bonchev–Trinajstić information content (AvgIpc) is 3.11. The van der Waals surface area contributed by atoms with Gasteiger partial charge in [0.1, 0.15) is 7.85 Å². The van der Waals surface area contributed by atoms with Crippen LogP contribution in [-0.4, -0.2) is 7.85 Å². The molecule has 0 atom stereocenters. The van der Waals surface area contributed by atoms with Gasteiger partial charge in [0.05, 0.1) is 0 Å². The lowest BCUT2D eigenvalue weighted by molar-refractivity contribution is 1.22. The van der Waals surface area contributed by atoms with Gasteiger partial charge in [-0.2, -0.15) is 0 Å². The van der Waals surface area contributed by atoms with E-state index < -0.39 is 0 Å². The molecule has 0 unspecified atom stereocenters. The van der Waals surface area contributed by atoms with Gasteiger partial charge in [-0.05, 0) is 62.6 Å². The molecular weight excluding hydrogens is 359 g/mol. The third-order valence-electron chi connectivity index (χ3n) is 5.95. The zero-order valence-corrected chi connectivity index (χ0v) is 17.2. The molecule has 0 spiro atoms. The summed E-state index contributed by atoms with van der Waals surface area (Å²) in [5, 5.41) is 2.44. The van der Waals surface area contributed by atoms with Crippen LogP contribution in [0.4, 0.5) is 0 Å². The Labute approximate surface area is 180 Å². The zero-order chi connectivity index (χ0) is 20.5. The third kappa shape index (κ3) is 3.21. The highest BCUT2D eigenvalue weighted by Gasteiger charge is 2.21. The largest absolute Gasteiger partial charge is 0.114 e. The van der Waals surface area contributed by atoms with E-state index in [2.05, 4.69) is 97.9 Å². The van der Waals surface area contributed by atoms with Crippen molar-refractivity contribution in [1.82, 2.24) is 0 Å². The molecule has 1 heteroatoms. The van der Waals surface area contributed by atoms with Crippen LogP contribution in [0.5, 0.6) is 0 Å². The van der Waals surface area contributed by atoms with E-state index in [9.17, 15) is 0 Å². The zero-order valence-electron chi connectivity index (χ0n) is 17.2. The number of allylic oxidation sites excluding steroid dienone is 4. The molecule has 4 aromatic rings. The molecule has 0 N–H and O–H groups in total. The van der Waals surface area contributed by atoms with Crippen LogP contribution in [0, 0.1) is 0 Å². The van der Waals surface area contributed by atoms with Crippen molar-refractivity contribution in [2.75, 3.05) is 0 Å². The van der Waals surface area contributed by atoms with Gasteiger partial charge in [0.15, 0.2) is 0 Å². The lowest BCUT2D eigenvalue weighted by Crippen LogP contribution is -2.02. The molecule has 0 saturated heterocycles. The van der Waals surface area contributed by atoms with Crippen molar-refractivity contribution in [3.63, 3.8) is 0 Å². The number of hydrogen-bond acceptors (Lipinski definition) is 0. The molecule has 0 aromatic heterocycles. The molecule has 0 bridgehead atoms. The van der Waals surface area contributed by atoms with Gasteiger partial charge in [-0.15, -0.1) is 0 Å². The maximum atomic E-state index is 6.26. The van der Waals surface area contributed by atoms with Crippen LogP contribution >= 0.6 is 0 Å². The Balaban J connectivity index is 1.58. The van der Waals surface area contributed by atoms with Gasteiger partial charge in [-0.25, -0.2) is 0 Å². The molecule has 0 saturated carbocycles. The summed E-state index contributed by atoms with van der Waals surface area (Å²) in [7, 11) is 6.26.